The van der Waals surface area contributed by atoms with Crippen LogP contribution in [0, 0.1) is 6.92 Å². The number of nitrogens with zero attached hydrogens (tertiary/aromatic N) is 1. The third-order valence-electron chi connectivity index (χ3n) is 3.15. The molecule has 7 nitrogen and oxygen atoms in total. The molecule has 112 valence electrons. The first-order valence-electron chi connectivity index (χ1n) is 6.34. The summed E-state index contributed by atoms with van der Waals surface area (Å²) in [5.74, 6) is -2.07. The summed E-state index contributed by atoms with van der Waals surface area (Å²) in [5.41, 5.74) is 0.940. The van der Waals surface area contributed by atoms with Crippen LogP contribution in [0.5, 0.6) is 0 Å². The van der Waals surface area contributed by atoms with Crippen molar-refractivity contribution in [1.82, 2.24) is 4.90 Å². The van der Waals surface area contributed by atoms with Gasteiger partial charge in [-0.15, -0.1) is 11.3 Å². The molecule has 8 heteroatoms. The quantitative estimate of drug-likeness (QED) is 0.796. The number of thiophene rings is 1. The van der Waals surface area contributed by atoms with Gasteiger partial charge in [-0.3, -0.25) is 19.3 Å². The van der Waals surface area contributed by atoms with Gasteiger partial charge >= 0.3 is 5.97 Å². The second-order valence-corrected chi connectivity index (χ2v) is 5.54. The van der Waals surface area contributed by atoms with Crippen LogP contribution in [-0.2, 0) is 14.4 Å². The highest BCUT2D eigenvalue weighted by atomic mass is 32.1. The van der Waals surface area contributed by atoms with Gasteiger partial charge in [0.25, 0.3) is 0 Å². The van der Waals surface area contributed by atoms with Crippen molar-refractivity contribution in [3.05, 3.63) is 15.8 Å². The summed E-state index contributed by atoms with van der Waals surface area (Å²) >= 11 is 1.04. The number of aromatic carboxylic acids is 1. The van der Waals surface area contributed by atoms with E-state index in [1.165, 1.54) is 0 Å². The monoisotopic (exact) mass is 310 g/mol. The van der Waals surface area contributed by atoms with Gasteiger partial charge in [0.1, 0.15) is 4.88 Å². The van der Waals surface area contributed by atoms with E-state index >= 15 is 0 Å². The van der Waals surface area contributed by atoms with E-state index in [4.69, 9.17) is 5.11 Å². The largest absolute Gasteiger partial charge is 0.477 e. The van der Waals surface area contributed by atoms with Crippen LogP contribution in [-0.4, -0.2) is 40.2 Å². The van der Waals surface area contributed by atoms with Gasteiger partial charge in [-0.05, 0) is 17.9 Å². The Bertz CT molecular complexity index is 606. The second kappa shape index (κ2) is 6.04. The molecule has 1 fully saturated rings. The van der Waals surface area contributed by atoms with E-state index in [-0.39, 0.29) is 48.2 Å². The summed E-state index contributed by atoms with van der Waals surface area (Å²) in [4.78, 5) is 46.8. The first-order valence-corrected chi connectivity index (χ1v) is 7.22. The van der Waals surface area contributed by atoms with Crippen molar-refractivity contribution in [2.45, 2.75) is 26.2 Å². The molecule has 3 amide bonds. The zero-order valence-corrected chi connectivity index (χ0v) is 12.2. The van der Waals surface area contributed by atoms with Gasteiger partial charge < -0.3 is 10.4 Å². The Hall–Kier alpha value is -2.22. The third kappa shape index (κ3) is 3.27. The van der Waals surface area contributed by atoms with Gasteiger partial charge in [-0.25, -0.2) is 4.79 Å². The minimum atomic E-state index is -1.10. The number of carbonyl (C=O) groups excluding carboxylic acids is 3. The molecule has 1 aliphatic heterocycles. The first-order chi connectivity index (χ1) is 9.90. The molecule has 21 heavy (non-hydrogen) atoms. The number of imide groups is 1. The zero-order valence-electron chi connectivity index (χ0n) is 11.3. The molecule has 0 spiro atoms. The van der Waals surface area contributed by atoms with E-state index in [0.29, 0.717) is 5.56 Å². The Morgan fingerprint density at radius 3 is 2.52 bits per heavy atom. The molecule has 0 aliphatic carbocycles. The van der Waals surface area contributed by atoms with E-state index in [2.05, 4.69) is 5.32 Å². The van der Waals surface area contributed by atoms with Crippen molar-refractivity contribution >= 4 is 40.7 Å². The topological polar surface area (TPSA) is 104 Å². The number of anilines is 1. The number of carbonyl (C=O) groups is 4. The summed E-state index contributed by atoms with van der Waals surface area (Å²) in [6, 6.07) is 0. The molecule has 1 saturated heterocycles. The summed E-state index contributed by atoms with van der Waals surface area (Å²) in [7, 11) is 0. The summed E-state index contributed by atoms with van der Waals surface area (Å²) in [6.45, 7) is 1.72. The molecule has 1 aromatic rings. The fourth-order valence-corrected chi connectivity index (χ4v) is 2.89. The SMILES string of the molecule is Cc1csc(C(=O)O)c1NC(=O)CCN1C(=O)CCC1=O. The highest BCUT2D eigenvalue weighted by Gasteiger charge is 2.29. The van der Waals surface area contributed by atoms with E-state index < -0.39 is 11.9 Å². The van der Waals surface area contributed by atoms with Crippen molar-refractivity contribution in [2.75, 3.05) is 11.9 Å². The Morgan fingerprint density at radius 1 is 1.33 bits per heavy atom. The smallest absolute Gasteiger partial charge is 0.348 e. The lowest BCUT2D eigenvalue weighted by atomic mass is 10.2. The number of carboxylic acid groups (broad SMARTS) is 1. The molecule has 0 unspecified atom stereocenters. The van der Waals surface area contributed by atoms with E-state index in [9.17, 15) is 19.2 Å². The van der Waals surface area contributed by atoms with Crippen molar-refractivity contribution < 1.29 is 24.3 Å². The summed E-state index contributed by atoms with van der Waals surface area (Å²) in [5, 5.41) is 13.2. The van der Waals surface area contributed by atoms with E-state index in [1.807, 2.05) is 0 Å². The van der Waals surface area contributed by atoms with Gasteiger partial charge in [0.15, 0.2) is 0 Å². The Balaban J connectivity index is 1.96. The lowest BCUT2D eigenvalue weighted by Crippen LogP contribution is -2.32. The number of carboxylic acids is 1. The number of nitrogens with one attached hydrogen (secondary N) is 1. The normalized spacial score (nSPS) is 14.6. The maximum absolute atomic E-state index is 11.9. The fraction of sp³-hybridized carbons (Fsp3) is 0.385. The van der Waals surface area contributed by atoms with Crippen LogP contribution in [0.4, 0.5) is 5.69 Å². The molecule has 0 radical (unpaired) electrons. The molecule has 2 rings (SSSR count). The molecule has 0 saturated carbocycles. The molecule has 1 aliphatic rings. The minimum Gasteiger partial charge on any atom is -0.477 e. The molecular formula is C13H14N2O5S. The lowest BCUT2D eigenvalue weighted by molar-refractivity contribution is -0.138. The Labute approximate surface area is 124 Å². The standard InChI is InChI=1S/C13H14N2O5S/c1-7-6-21-12(13(19)20)11(7)14-8(16)4-5-15-9(17)2-3-10(15)18/h6H,2-5H2,1H3,(H,14,16)(H,19,20). The third-order valence-corrected chi connectivity index (χ3v) is 4.24. The van der Waals surface area contributed by atoms with Gasteiger partial charge in [0.05, 0.1) is 5.69 Å². The number of amides is 3. The number of hydrogen-bond donors (Lipinski definition) is 2. The van der Waals surface area contributed by atoms with Crippen molar-refractivity contribution in [1.29, 1.82) is 0 Å². The molecular weight excluding hydrogens is 296 g/mol. The Morgan fingerprint density at radius 2 is 1.95 bits per heavy atom. The van der Waals surface area contributed by atoms with Crippen LogP contribution in [0.2, 0.25) is 0 Å². The summed E-state index contributed by atoms with van der Waals surface area (Å²) in [6.07, 6.45) is 0.326. The highest BCUT2D eigenvalue weighted by molar-refractivity contribution is 7.12. The van der Waals surface area contributed by atoms with Gasteiger partial charge in [0.2, 0.25) is 17.7 Å². The van der Waals surface area contributed by atoms with Crippen LogP contribution < -0.4 is 5.32 Å². The summed E-state index contributed by atoms with van der Waals surface area (Å²) < 4.78 is 0. The second-order valence-electron chi connectivity index (χ2n) is 4.67. The molecule has 1 aromatic heterocycles. The van der Waals surface area contributed by atoms with Gasteiger partial charge in [-0.1, -0.05) is 0 Å². The first kappa shape index (κ1) is 15.2. The maximum atomic E-state index is 11.9. The fourth-order valence-electron chi connectivity index (χ4n) is 2.04. The zero-order chi connectivity index (χ0) is 15.6. The average Bonchev–Trinajstić information content (AvgIpc) is 2.92. The number of rotatable bonds is 5. The van der Waals surface area contributed by atoms with Crippen LogP contribution in [0.1, 0.15) is 34.5 Å². The lowest BCUT2D eigenvalue weighted by Gasteiger charge is -2.13. The van der Waals surface area contributed by atoms with Crippen LogP contribution in [0.3, 0.4) is 0 Å². The molecule has 0 bridgehead atoms. The van der Waals surface area contributed by atoms with Crippen LogP contribution in [0.25, 0.3) is 0 Å². The minimum absolute atomic E-state index is 0.0229. The predicted molar refractivity (Wildman–Crippen MR) is 75.2 cm³/mol. The predicted octanol–water partition coefficient (Wildman–Crippen LogP) is 1.23. The van der Waals surface area contributed by atoms with E-state index in [0.717, 1.165) is 16.2 Å². The number of likely N-dealkylation sites (tertiary alicyclic amines) is 1. The highest BCUT2D eigenvalue weighted by Crippen LogP contribution is 2.27. The Kier molecular flexibility index (Phi) is 4.37. The van der Waals surface area contributed by atoms with Gasteiger partial charge in [-0.2, -0.15) is 0 Å². The average molecular weight is 310 g/mol. The number of aryl methyl sites for hydroxylation is 1. The molecule has 0 atom stereocenters. The van der Waals surface area contributed by atoms with Crippen molar-refractivity contribution in [3.63, 3.8) is 0 Å². The molecule has 2 N–H and O–H groups in total. The van der Waals surface area contributed by atoms with Crippen LogP contribution in [0.15, 0.2) is 5.38 Å². The molecule has 2 heterocycles. The van der Waals surface area contributed by atoms with Crippen molar-refractivity contribution in [3.8, 4) is 0 Å². The maximum Gasteiger partial charge on any atom is 0.348 e. The van der Waals surface area contributed by atoms with E-state index in [1.54, 1.807) is 12.3 Å². The molecule has 0 aromatic carbocycles. The number of hydrogen-bond acceptors (Lipinski definition) is 5. The van der Waals surface area contributed by atoms with Gasteiger partial charge in [0, 0.05) is 25.8 Å². The van der Waals surface area contributed by atoms with Crippen LogP contribution >= 0.6 is 11.3 Å². The van der Waals surface area contributed by atoms with Crippen molar-refractivity contribution in [2.24, 2.45) is 0 Å².